The van der Waals surface area contributed by atoms with E-state index in [-0.39, 0.29) is 18.2 Å². The van der Waals surface area contributed by atoms with E-state index in [9.17, 15) is 0 Å². The maximum atomic E-state index is 5.98. The summed E-state index contributed by atoms with van der Waals surface area (Å²) in [7, 11) is 0. The molecule has 1 aromatic carbocycles. The Labute approximate surface area is 102 Å². The first kappa shape index (κ1) is 11.1. The molecule has 1 aliphatic carbocycles. The van der Waals surface area contributed by atoms with Gasteiger partial charge in [-0.1, -0.05) is 18.2 Å². The Kier molecular flexibility index (Phi) is 3.04. The average Bonchev–Trinajstić information content (AvgIpc) is 2.92. The van der Waals surface area contributed by atoms with E-state index in [1.807, 2.05) is 12.1 Å². The summed E-state index contributed by atoms with van der Waals surface area (Å²) in [6.45, 7) is 0.660. The number of nitrogens with two attached hydrogens (primary N) is 1. The van der Waals surface area contributed by atoms with Gasteiger partial charge in [-0.2, -0.15) is 0 Å². The molecule has 0 amide bonds. The molecule has 17 heavy (non-hydrogen) atoms. The van der Waals surface area contributed by atoms with Gasteiger partial charge in [0.1, 0.15) is 11.9 Å². The smallest absolute Gasteiger partial charge is 0.126 e. The van der Waals surface area contributed by atoms with Crippen molar-refractivity contribution in [3.8, 4) is 5.75 Å². The van der Waals surface area contributed by atoms with E-state index in [0.29, 0.717) is 6.61 Å². The zero-order valence-corrected chi connectivity index (χ0v) is 9.97. The van der Waals surface area contributed by atoms with Crippen LogP contribution in [-0.4, -0.2) is 24.9 Å². The Morgan fingerprint density at radius 1 is 1.29 bits per heavy atom. The summed E-state index contributed by atoms with van der Waals surface area (Å²) in [6, 6.07) is 8.43. The lowest BCUT2D eigenvalue weighted by Gasteiger charge is -2.19. The highest BCUT2D eigenvalue weighted by Gasteiger charge is 2.28. The predicted octanol–water partition coefficient (Wildman–Crippen LogP) is 1.89. The van der Waals surface area contributed by atoms with Crippen molar-refractivity contribution in [2.45, 2.75) is 43.9 Å². The number of para-hydroxylation sites is 1. The Morgan fingerprint density at radius 2 is 2.18 bits per heavy atom. The first-order valence-corrected chi connectivity index (χ1v) is 6.44. The fourth-order valence-electron chi connectivity index (χ4n) is 2.74. The van der Waals surface area contributed by atoms with Crippen molar-refractivity contribution in [1.29, 1.82) is 0 Å². The van der Waals surface area contributed by atoms with Crippen LogP contribution in [-0.2, 0) is 11.2 Å². The number of benzene rings is 1. The third-order valence-electron chi connectivity index (χ3n) is 3.71. The molecule has 1 saturated carbocycles. The van der Waals surface area contributed by atoms with Gasteiger partial charge >= 0.3 is 0 Å². The predicted molar refractivity (Wildman–Crippen MR) is 66.1 cm³/mol. The fraction of sp³-hybridized carbons (Fsp3) is 0.571. The van der Waals surface area contributed by atoms with Gasteiger partial charge in [0, 0.05) is 12.5 Å². The lowest BCUT2D eigenvalue weighted by atomic mass is 10.1. The standard InChI is InChI=1S/C14H19NO2/c15-12-5-3-7-14(12)16-9-11-8-10-4-1-2-6-13(10)17-11/h1-2,4,6,11-12,14H,3,5,7-9,15H2. The van der Waals surface area contributed by atoms with Crippen molar-refractivity contribution < 1.29 is 9.47 Å². The topological polar surface area (TPSA) is 44.5 Å². The molecule has 0 radical (unpaired) electrons. The van der Waals surface area contributed by atoms with Crippen LogP contribution in [0.2, 0.25) is 0 Å². The van der Waals surface area contributed by atoms with Crippen LogP contribution in [0.1, 0.15) is 24.8 Å². The molecule has 3 atom stereocenters. The van der Waals surface area contributed by atoms with Crippen molar-refractivity contribution >= 4 is 0 Å². The Morgan fingerprint density at radius 3 is 2.94 bits per heavy atom. The van der Waals surface area contributed by atoms with E-state index in [2.05, 4.69) is 12.1 Å². The van der Waals surface area contributed by atoms with Crippen LogP contribution in [0.5, 0.6) is 5.75 Å². The van der Waals surface area contributed by atoms with Crippen molar-refractivity contribution in [3.05, 3.63) is 29.8 Å². The molecule has 0 spiro atoms. The first-order valence-electron chi connectivity index (χ1n) is 6.44. The normalized spacial score (nSPS) is 31.2. The molecule has 92 valence electrons. The van der Waals surface area contributed by atoms with Crippen LogP contribution < -0.4 is 10.5 Å². The van der Waals surface area contributed by atoms with Crippen molar-refractivity contribution in [1.82, 2.24) is 0 Å². The molecule has 1 fully saturated rings. The summed E-state index contributed by atoms with van der Waals surface area (Å²) in [4.78, 5) is 0. The zero-order chi connectivity index (χ0) is 11.7. The lowest BCUT2D eigenvalue weighted by molar-refractivity contribution is 0.00342. The summed E-state index contributed by atoms with van der Waals surface area (Å²) >= 11 is 0. The number of hydrogen-bond acceptors (Lipinski definition) is 3. The van der Waals surface area contributed by atoms with Crippen molar-refractivity contribution in [2.24, 2.45) is 5.73 Å². The lowest BCUT2D eigenvalue weighted by Crippen LogP contribution is -2.34. The molecule has 1 heterocycles. The fourth-order valence-corrected chi connectivity index (χ4v) is 2.74. The van der Waals surface area contributed by atoms with Gasteiger partial charge in [-0.15, -0.1) is 0 Å². The molecular formula is C14H19NO2. The molecule has 1 aliphatic heterocycles. The van der Waals surface area contributed by atoms with E-state index in [4.69, 9.17) is 15.2 Å². The van der Waals surface area contributed by atoms with E-state index < -0.39 is 0 Å². The van der Waals surface area contributed by atoms with Crippen LogP contribution in [0.25, 0.3) is 0 Å². The van der Waals surface area contributed by atoms with E-state index in [0.717, 1.165) is 25.0 Å². The summed E-state index contributed by atoms with van der Waals surface area (Å²) in [5.41, 5.74) is 7.27. The van der Waals surface area contributed by atoms with Crippen molar-refractivity contribution in [3.63, 3.8) is 0 Å². The van der Waals surface area contributed by atoms with E-state index >= 15 is 0 Å². The molecule has 3 nitrogen and oxygen atoms in total. The Balaban J connectivity index is 1.52. The van der Waals surface area contributed by atoms with Gasteiger partial charge in [0.2, 0.25) is 0 Å². The number of hydrogen-bond donors (Lipinski definition) is 1. The van der Waals surface area contributed by atoms with Gasteiger partial charge in [-0.05, 0) is 30.9 Å². The van der Waals surface area contributed by atoms with Crippen molar-refractivity contribution in [2.75, 3.05) is 6.61 Å². The van der Waals surface area contributed by atoms with Crippen LogP contribution in [0, 0.1) is 0 Å². The van der Waals surface area contributed by atoms with Crippen LogP contribution >= 0.6 is 0 Å². The number of ether oxygens (including phenoxy) is 2. The minimum absolute atomic E-state index is 0.167. The van der Waals surface area contributed by atoms with Gasteiger partial charge in [0.15, 0.2) is 0 Å². The first-order chi connectivity index (χ1) is 8.33. The minimum Gasteiger partial charge on any atom is -0.487 e. The second kappa shape index (κ2) is 4.67. The third-order valence-corrected chi connectivity index (χ3v) is 3.71. The summed E-state index contributed by atoms with van der Waals surface area (Å²) in [6.07, 6.45) is 4.75. The Bertz CT molecular complexity index is 369. The quantitative estimate of drug-likeness (QED) is 0.867. The molecule has 3 rings (SSSR count). The third kappa shape index (κ3) is 2.31. The monoisotopic (exact) mass is 233 g/mol. The Hall–Kier alpha value is -1.06. The molecule has 3 heteroatoms. The molecule has 2 aliphatic rings. The summed E-state index contributed by atoms with van der Waals surface area (Å²) < 4.78 is 11.7. The highest BCUT2D eigenvalue weighted by Crippen LogP contribution is 2.29. The van der Waals surface area contributed by atoms with E-state index in [1.54, 1.807) is 0 Å². The summed E-state index contributed by atoms with van der Waals surface area (Å²) in [5, 5.41) is 0. The molecular weight excluding hydrogens is 214 g/mol. The van der Waals surface area contributed by atoms with Gasteiger partial charge in [-0.25, -0.2) is 0 Å². The molecule has 2 N–H and O–H groups in total. The number of rotatable bonds is 3. The van der Waals surface area contributed by atoms with Gasteiger partial charge < -0.3 is 15.2 Å². The van der Waals surface area contributed by atoms with Crippen LogP contribution in [0.4, 0.5) is 0 Å². The molecule has 0 aromatic heterocycles. The van der Waals surface area contributed by atoms with Gasteiger partial charge in [0.05, 0.1) is 12.7 Å². The second-order valence-electron chi connectivity index (χ2n) is 5.02. The minimum atomic E-state index is 0.167. The van der Waals surface area contributed by atoms with Gasteiger partial charge in [0.25, 0.3) is 0 Å². The summed E-state index contributed by atoms with van der Waals surface area (Å²) in [5.74, 6) is 1.01. The average molecular weight is 233 g/mol. The molecule has 1 aromatic rings. The van der Waals surface area contributed by atoms with Gasteiger partial charge in [-0.3, -0.25) is 0 Å². The maximum Gasteiger partial charge on any atom is 0.126 e. The SMILES string of the molecule is NC1CCCC1OCC1Cc2ccccc2O1. The number of fused-ring (bicyclic) bond motifs is 1. The molecule has 0 saturated heterocycles. The second-order valence-corrected chi connectivity index (χ2v) is 5.02. The highest BCUT2D eigenvalue weighted by atomic mass is 16.5. The van der Waals surface area contributed by atoms with Crippen LogP contribution in [0.15, 0.2) is 24.3 Å². The maximum absolute atomic E-state index is 5.98. The molecule has 3 unspecified atom stereocenters. The highest BCUT2D eigenvalue weighted by molar-refractivity contribution is 5.37. The zero-order valence-electron chi connectivity index (χ0n) is 9.97. The van der Waals surface area contributed by atoms with E-state index in [1.165, 1.54) is 12.0 Å². The largest absolute Gasteiger partial charge is 0.487 e. The molecule has 0 bridgehead atoms. The van der Waals surface area contributed by atoms with Crippen LogP contribution in [0.3, 0.4) is 0 Å².